The molecule has 0 spiro atoms. The van der Waals surface area contributed by atoms with Crippen molar-refractivity contribution in [1.29, 1.82) is 0 Å². The molecule has 2 aliphatic heterocycles. The predicted octanol–water partition coefficient (Wildman–Crippen LogP) is 0.926. The molecule has 6 heteroatoms. The second-order valence-corrected chi connectivity index (χ2v) is 5.58. The van der Waals surface area contributed by atoms with Crippen molar-refractivity contribution in [1.82, 2.24) is 20.0 Å². The van der Waals surface area contributed by atoms with Crippen LogP contribution < -0.4 is 10.2 Å². The fourth-order valence-electron chi connectivity index (χ4n) is 1.91. The maximum Gasteiger partial charge on any atom is 0.535 e. The van der Waals surface area contributed by atoms with Gasteiger partial charge in [0, 0.05) is 26.2 Å². The summed E-state index contributed by atoms with van der Waals surface area (Å²) in [5.41, 5.74) is 0. The molecule has 0 aliphatic carbocycles. The zero-order valence-electron chi connectivity index (χ0n) is 10.1. The molecule has 0 radical (unpaired) electrons. The number of hydrogen-bond acceptors (Lipinski definition) is 3. The van der Waals surface area contributed by atoms with Crippen molar-refractivity contribution in [2.45, 2.75) is 39.0 Å². The minimum absolute atomic E-state index is 0.280. The highest BCUT2D eigenvalue weighted by atomic mass is 31.1. The Kier molecular flexibility index (Phi) is 4.27. The third-order valence-corrected chi connectivity index (χ3v) is 4.22. The molecule has 0 aromatic carbocycles. The first-order valence-corrected chi connectivity index (χ1v) is 7.48. The molecule has 0 aromatic heterocycles. The highest BCUT2D eigenvalue weighted by molar-refractivity contribution is 7.40. The molecule has 2 unspecified atom stereocenters. The highest BCUT2D eigenvalue weighted by Crippen LogP contribution is 2.22. The summed E-state index contributed by atoms with van der Waals surface area (Å²) >= 11 is 0. The van der Waals surface area contributed by atoms with Gasteiger partial charge in [0.25, 0.3) is 0 Å². The molecular weight excluding hydrogens is 223 g/mol. The van der Waals surface area contributed by atoms with E-state index in [-0.39, 0.29) is 12.3 Å². The maximum atomic E-state index is 11.9. The lowest BCUT2D eigenvalue weighted by Gasteiger charge is -2.13. The molecule has 0 aromatic rings. The molecule has 2 N–H and O–H groups in total. The summed E-state index contributed by atoms with van der Waals surface area (Å²) in [5, 5.41) is 6.35. The number of hydrogen-bond donors (Lipinski definition) is 2. The van der Waals surface area contributed by atoms with Crippen molar-refractivity contribution in [3.8, 4) is 0 Å². The Morgan fingerprint density at radius 2 is 1.38 bits per heavy atom. The molecule has 2 fully saturated rings. The van der Waals surface area contributed by atoms with Gasteiger partial charge in [-0.05, 0) is 17.4 Å². The molecule has 2 heterocycles. The van der Waals surface area contributed by atoms with Crippen molar-refractivity contribution in [2.75, 3.05) is 26.2 Å². The van der Waals surface area contributed by atoms with Gasteiger partial charge in [-0.1, -0.05) is 24.0 Å². The minimum atomic E-state index is -1.49. The van der Waals surface area contributed by atoms with E-state index in [1.165, 1.54) is 0 Å². The van der Waals surface area contributed by atoms with Crippen LogP contribution in [-0.4, -0.2) is 48.3 Å². The van der Waals surface area contributed by atoms with Gasteiger partial charge in [0.05, 0.1) is 0 Å². The van der Waals surface area contributed by atoms with Crippen molar-refractivity contribution in [3.63, 3.8) is 0 Å². The normalized spacial score (nSPS) is 25.2. The molecule has 92 valence electrons. The van der Waals surface area contributed by atoms with Gasteiger partial charge in [-0.3, -0.25) is 9.80 Å². The van der Waals surface area contributed by atoms with E-state index in [0.29, 0.717) is 0 Å². The van der Waals surface area contributed by atoms with Crippen LogP contribution in [0.25, 0.3) is 0 Å². The van der Waals surface area contributed by atoms with Crippen molar-refractivity contribution in [2.24, 2.45) is 0 Å². The molecule has 5 nitrogen and oxygen atoms in total. The fourth-order valence-corrected chi connectivity index (χ4v) is 3.22. The molecule has 0 bridgehead atoms. The Bertz CT molecular complexity index is 231. The largest absolute Gasteiger partial charge is 0.535 e. The summed E-state index contributed by atoms with van der Waals surface area (Å²) in [7, 11) is -1.49. The summed E-state index contributed by atoms with van der Waals surface area (Å²) in [6, 6.07) is 0. The van der Waals surface area contributed by atoms with Crippen LogP contribution in [0.15, 0.2) is 0 Å². The summed E-state index contributed by atoms with van der Waals surface area (Å²) in [5.74, 6) is 0. The summed E-state index contributed by atoms with van der Waals surface area (Å²) in [4.78, 5) is 4.60. The molecule has 0 amide bonds. The third kappa shape index (κ3) is 3.47. The van der Waals surface area contributed by atoms with E-state index < -0.39 is 8.10 Å². The Morgan fingerprint density at radius 3 is 1.62 bits per heavy atom. The Labute approximate surface area is 98.4 Å². The van der Waals surface area contributed by atoms with Crippen LogP contribution in [0.5, 0.6) is 0 Å². The van der Waals surface area contributed by atoms with Gasteiger partial charge in [-0.25, -0.2) is 0 Å². The molecule has 0 saturated carbocycles. The Morgan fingerprint density at radius 1 is 1.00 bits per heavy atom. The monoisotopic (exact) mass is 245 g/mol. The average molecular weight is 245 g/mol. The fraction of sp³-hybridized carbons (Fsp3) is 1.00. The van der Waals surface area contributed by atoms with Crippen molar-refractivity contribution < 1.29 is 4.57 Å². The zero-order chi connectivity index (χ0) is 11.5. The van der Waals surface area contributed by atoms with Gasteiger partial charge in [0.1, 0.15) is 12.3 Å². The summed E-state index contributed by atoms with van der Waals surface area (Å²) in [6.45, 7) is 8.80. The van der Waals surface area contributed by atoms with Crippen LogP contribution in [0.1, 0.15) is 26.7 Å². The van der Waals surface area contributed by atoms with E-state index in [2.05, 4.69) is 33.8 Å². The van der Waals surface area contributed by atoms with E-state index in [0.717, 1.165) is 39.0 Å². The zero-order valence-corrected chi connectivity index (χ0v) is 11.0. The van der Waals surface area contributed by atoms with Crippen LogP contribution in [0, 0.1) is 0 Å². The summed E-state index contributed by atoms with van der Waals surface area (Å²) in [6.07, 6.45) is 2.57. The molecular formula is C10H22N4OP+. The maximum absolute atomic E-state index is 11.9. The van der Waals surface area contributed by atoms with Gasteiger partial charge in [-0.2, -0.15) is 0 Å². The molecule has 2 aliphatic rings. The second kappa shape index (κ2) is 5.52. The van der Waals surface area contributed by atoms with Gasteiger partial charge in [0.15, 0.2) is 0 Å². The SMILES string of the molecule is CCC(N[P+](=O)NC(CC)N1CC1)N1CC1. The second-order valence-electron chi connectivity index (χ2n) is 4.47. The first-order chi connectivity index (χ1) is 7.74. The van der Waals surface area contributed by atoms with E-state index in [1.807, 2.05) is 0 Å². The quantitative estimate of drug-likeness (QED) is 0.492. The lowest BCUT2D eigenvalue weighted by Crippen LogP contribution is -2.37. The number of nitrogens with one attached hydrogen (secondary N) is 2. The highest BCUT2D eigenvalue weighted by Gasteiger charge is 2.36. The van der Waals surface area contributed by atoms with Gasteiger partial charge < -0.3 is 0 Å². The first kappa shape index (κ1) is 12.4. The standard InChI is InChI=1S/C10H22N4OP/c1-3-9(13-5-6-13)11-16(15)12-10(4-2)14-7-8-14/h9-10H,3-8H2,1-2H3,(H2,11,12,15)/q+1. The molecule has 2 atom stereocenters. The van der Waals surface area contributed by atoms with Crippen LogP contribution >= 0.6 is 8.10 Å². The van der Waals surface area contributed by atoms with Gasteiger partial charge in [0.2, 0.25) is 0 Å². The van der Waals surface area contributed by atoms with Crippen LogP contribution in [0.2, 0.25) is 0 Å². The van der Waals surface area contributed by atoms with Gasteiger partial charge >= 0.3 is 8.10 Å². The van der Waals surface area contributed by atoms with Crippen LogP contribution in [0.4, 0.5) is 0 Å². The third-order valence-electron chi connectivity index (χ3n) is 3.15. The lowest BCUT2D eigenvalue weighted by atomic mass is 10.4. The van der Waals surface area contributed by atoms with Crippen molar-refractivity contribution in [3.05, 3.63) is 0 Å². The number of nitrogens with zero attached hydrogens (tertiary/aromatic N) is 2. The van der Waals surface area contributed by atoms with Gasteiger partial charge in [-0.15, -0.1) is 0 Å². The lowest BCUT2D eigenvalue weighted by molar-refractivity contribution is 0.345. The topological polar surface area (TPSA) is 47.1 Å². The first-order valence-electron chi connectivity index (χ1n) is 6.22. The van der Waals surface area contributed by atoms with E-state index in [4.69, 9.17) is 0 Å². The predicted molar refractivity (Wildman–Crippen MR) is 65.2 cm³/mol. The van der Waals surface area contributed by atoms with Crippen LogP contribution in [-0.2, 0) is 4.57 Å². The smallest absolute Gasteiger partial charge is 0.282 e. The average Bonchev–Trinajstić information content (AvgIpc) is 3.14. The Balaban J connectivity index is 1.73. The summed E-state index contributed by atoms with van der Waals surface area (Å²) < 4.78 is 11.9. The number of rotatable bonds is 8. The minimum Gasteiger partial charge on any atom is -0.282 e. The van der Waals surface area contributed by atoms with E-state index in [1.54, 1.807) is 0 Å². The Hall–Kier alpha value is -0.0600. The molecule has 16 heavy (non-hydrogen) atoms. The van der Waals surface area contributed by atoms with E-state index >= 15 is 0 Å². The van der Waals surface area contributed by atoms with Crippen LogP contribution in [0.3, 0.4) is 0 Å². The molecule has 2 rings (SSSR count). The molecule has 2 saturated heterocycles. The van der Waals surface area contributed by atoms with Crippen molar-refractivity contribution >= 4 is 8.10 Å². The van der Waals surface area contributed by atoms with E-state index in [9.17, 15) is 4.57 Å².